The molecule has 0 spiro atoms. The van der Waals surface area contributed by atoms with Crippen molar-refractivity contribution in [2.45, 2.75) is 4.90 Å². The van der Waals surface area contributed by atoms with Crippen LogP contribution in [0.3, 0.4) is 0 Å². The summed E-state index contributed by atoms with van der Waals surface area (Å²) in [6.45, 7) is 0. The van der Waals surface area contributed by atoms with E-state index < -0.39 is 15.8 Å². The average Bonchev–Trinajstić information content (AvgIpc) is 2.41. The molecule has 0 bridgehead atoms. The fraction of sp³-hybridized carbons (Fsp3) is 0.0833. The van der Waals surface area contributed by atoms with Crippen molar-refractivity contribution in [3.05, 3.63) is 48.5 Å². The van der Waals surface area contributed by atoms with Crippen LogP contribution in [-0.4, -0.2) is 20.4 Å². The Morgan fingerprint density at radius 3 is 2.58 bits per heavy atom. The van der Waals surface area contributed by atoms with E-state index in [-0.39, 0.29) is 10.6 Å². The van der Waals surface area contributed by atoms with Crippen LogP contribution in [0.15, 0.2) is 47.6 Å². The highest BCUT2D eigenvalue weighted by Crippen LogP contribution is 2.23. The summed E-state index contributed by atoms with van der Waals surface area (Å²) in [5.74, 6) is -0.729. The summed E-state index contributed by atoms with van der Waals surface area (Å²) in [6, 6.07) is 7.62. The Hall–Kier alpha value is -2.15. The maximum atomic E-state index is 13.4. The van der Waals surface area contributed by atoms with Crippen LogP contribution in [0.2, 0.25) is 0 Å². The molecule has 0 atom stereocenters. The van der Waals surface area contributed by atoms with Crippen molar-refractivity contribution in [2.75, 3.05) is 17.1 Å². The number of pyridine rings is 1. The molecule has 0 saturated heterocycles. The van der Waals surface area contributed by atoms with Gasteiger partial charge in [-0.25, -0.2) is 12.8 Å². The smallest absolute Gasteiger partial charge is 0.264 e. The summed E-state index contributed by atoms with van der Waals surface area (Å²) in [5, 5.41) is 2.78. The number of aromatic nitrogens is 1. The molecule has 0 saturated carbocycles. The number of para-hydroxylation sites is 1. The van der Waals surface area contributed by atoms with Gasteiger partial charge in [0, 0.05) is 13.2 Å². The van der Waals surface area contributed by atoms with Gasteiger partial charge in [0.05, 0.1) is 17.6 Å². The first-order valence-corrected chi connectivity index (χ1v) is 6.92. The quantitative estimate of drug-likeness (QED) is 0.900. The molecule has 0 aliphatic heterocycles. The van der Waals surface area contributed by atoms with Gasteiger partial charge < -0.3 is 5.32 Å². The monoisotopic (exact) mass is 281 g/mol. The van der Waals surface area contributed by atoms with Crippen LogP contribution in [0.1, 0.15) is 0 Å². The van der Waals surface area contributed by atoms with Gasteiger partial charge in [-0.05, 0) is 18.2 Å². The third kappa shape index (κ3) is 2.82. The van der Waals surface area contributed by atoms with Crippen molar-refractivity contribution in [2.24, 2.45) is 0 Å². The molecule has 1 aromatic heterocycles. The van der Waals surface area contributed by atoms with E-state index in [0.717, 1.165) is 6.20 Å². The SMILES string of the molecule is CNc1ccccc1S(=O)(=O)Nc1ccncc1F. The van der Waals surface area contributed by atoms with Crippen LogP contribution < -0.4 is 10.0 Å². The molecule has 100 valence electrons. The summed E-state index contributed by atoms with van der Waals surface area (Å²) in [4.78, 5) is 3.61. The number of anilines is 2. The first kappa shape index (κ1) is 13.3. The maximum absolute atomic E-state index is 13.4. The molecule has 0 fully saturated rings. The second kappa shape index (κ2) is 5.23. The van der Waals surface area contributed by atoms with E-state index in [4.69, 9.17) is 0 Å². The molecular weight excluding hydrogens is 269 g/mol. The summed E-state index contributed by atoms with van der Waals surface area (Å²) in [5.41, 5.74) is 0.297. The lowest BCUT2D eigenvalue weighted by Gasteiger charge is -2.12. The third-order valence-electron chi connectivity index (χ3n) is 2.46. The highest BCUT2D eigenvalue weighted by molar-refractivity contribution is 7.92. The van der Waals surface area contributed by atoms with Crippen LogP contribution in [0, 0.1) is 5.82 Å². The Balaban J connectivity index is 2.41. The number of halogens is 1. The molecule has 0 amide bonds. The molecule has 7 heteroatoms. The molecule has 0 aliphatic carbocycles. The molecule has 0 aliphatic rings. The lowest BCUT2D eigenvalue weighted by atomic mass is 10.3. The molecular formula is C12H12FN3O2S. The minimum absolute atomic E-state index is 0.0497. The molecule has 0 radical (unpaired) electrons. The highest BCUT2D eigenvalue weighted by atomic mass is 32.2. The van der Waals surface area contributed by atoms with Crippen molar-refractivity contribution in [1.82, 2.24) is 4.98 Å². The van der Waals surface area contributed by atoms with Gasteiger partial charge in [0.25, 0.3) is 10.0 Å². The number of nitrogens with one attached hydrogen (secondary N) is 2. The molecule has 2 N–H and O–H groups in total. The minimum Gasteiger partial charge on any atom is -0.387 e. The van der Waals surface area contributed by atoms with E-state index in [0.29, 0.717) is 5.69 Å². The molecule has 0 unspecified atom stereocenters. The first-order chi connectivity index (χ1) is 9.04. The molecule has 19 heavy (non-hydrogen) atoms. The number of hydrogen-bond donors (Lipinski definition) is 2. The molecule has 1 heterocycles. The minimum atomic E-state index is -3.86. The van der Waals surface area contributed by atoms with Crippen LogP contribution in [0.4, 0.5) is 15.8 Å². The largest absolute Gasteiger partial charge is 0.387 e. The van der Waals surface area contributed by atoms with Crippen molar-refractivity contribution >= 4 is 21.4 Å². The molecule has 2 aromatic rings. The number of nitrogens with zero attached hydrogens (tertiary/aromatic N) is 1. The van der Waals surface area contributed by atoms with Crippen LogP contribution in [0.5, 0.6) is 0 Å². The zero-order valence-electron chi connectivity index (χ0n) is 10.1. The van der Waals surface area contributed by atoms with E-state index in [2.05, 4.69) is 15.0 Å². The van der Waals surface area contributed by atoms with Gasteiger partial charge >= 0.3 is 0 Å². The third-order valence-corrected chi connectivity index (χ3v) is 3.89. The van der Waals surface area contributed by atoms with Crippen molar-refractivity contribution in [3.63, 3.8) is 0 Å². The second-order valence-corrected chi connectivity index (χ2v) is 5.36. The number of rotatable bonds is 4. The van der Waals surface area contributed by atoms with E-state index in [1.54, 1.807) is 25.2 Å². The topological polar surface area (TPSA) is 71.1 Å². The van der Waals surface area contributed by atoms with Crippen molar-refractivity contribution < 1.29 is 12.8 Å². The average molecular weight is 281 g/mol. The lowest BCUT2D eigenvalue weighted by Crippen LogP contribution is -2.15. The van der Waals surface area contributed by atoms with Crippen LogP contribution >= 0.6 is 0 Å². The standard InChI is InChI=1S/C12H12FN3O2S/c1-14-11-4-2-3-5-12(11)19(17,18)16-10-6-7-15-8-9(10)13/h2-8,14H,1H3,(H,15,16). The Morgan fingerprint density at radius 2 is 1.89 bits per heavy atom. The fourth-order valence-electron chi connectivity index (χ4n) is 1.57. The summed E-state index contributed by atoms with van der Waals surface area (Å²) in [6.07, 6.45) is 2.26. The van der Waals surface area contributed by atoms with Crippen LogP contribution in [0.25, 0.3) is 0 Å². The van der Waals surface area contributed by atoms with Gasteiger partial charge in [0.15, 0.2) is 5.82 Å². The second-order valence-electron chi connectivity index (χ2n) is 3.71. The van der Waals surface area contributed by atoms with Gasteiger partial charge in [0.1, 0.15) is 4.90 Å². The van der Waals surface area contributed by atoms with E-state index >= 15 is 0 Å². The maximum Gasteiger partial charge on any atom is 0.264 e. The number of sulfonamides is 1. The summed E-state index contributed by atoms with van der Waals surface area (Å²) < 4.78 is 40.0. The molecule has 1 aromatic carbocycles. The van der Waals surface area contributed by atoms with Gasteiger partial charge in [-0.3, -0.25) is 9.71 Å². The van der Waals surface area contributed by atoms with Gasteiger partial charge in [0.2, 0.25) is 0 Å². The zero-order valence-corrected chi connectivity index (χ0v) is 10.9. The Kier molecular flexibility index (Phi) is 3.66. The van der Waals surface area contributed by atoms with Crippen LogP contribution in [-0.2, 0) is 10.0 Å². The normalized spacial score (nSPS) is 11.1. The predicted molar refractivity (Wildman–Crippen MR) is 71.0 cm³/mol. The molecule has 5 nitrogen and oxygen atoms in total. The Morgan fingerprint density at radius 1 is 1.16 bits per heavy atom. The van der Waals surface area contributed by atoms with Gasteiger partial charge in [-0.15, -0.1) is 0 Å². The van der Waals surface area contributed by atoms with Gasteiger partial charge in [-0.2, -0.15) is 0 Å². The number of hydrogen-bond acceptors (Lipinski definition) is 4. The predicted octanol–water partition coefficient (Wildman–Crippen LogP) is 2.06. The van der Waals surface area contributed by atoms with E-state index in [9.17, 15) is 12.8 Å². The summed E-state index contributed by atoms with van der Waals surface area (Å²) in [7, 11) is -2.25. The van der Waals surface area contributed by atoms with Crippen molar-refractivity contribution in [3.8, 4) is 0 Å². The number of benzene rings is 1. The zero-order chi connectivity index (χ0) is 13.9. The van der Waals surface area contributed by atoms with Crippen molar-refractivity contribution in [1.29, 1.82) is 0 Å². The Bertz CT molecular complexity index is 689. The van der Waals surface area contributed by atoms with Gasteiger partial charge in [-0.1, -0.05) is 12.1 Å². The summed E-state index contributed by atoms with van der Waals surface area (Å²) >= 11 is 0. The molecule has 2 rings (SSSR count). The highest BCUT2D eigenvalue weighted by Gasteiger charge is 2.19. The van der Waals surface area contributed by atoms with E-state index in [1.807, 2.05) is 0 Å². The lowest BCUT2D eigenvalue weighted by molar-refractivity contribution is 0.598. The fourth-order valence-corrected chi connectivity index (χ4v) is 2.85. The Labute approximate surface area is 110 Å². The van der Waals surface area contributed by atoms with E-state index in [1.165, 1.54) is 18.3 Å². The first-order valence-electron chi connectivity index (χ1n) is 5.43.